The van der Waals surface area contributed by atoms with Gasteiger partial charge in [-0.1, -0.05) is 12.1 Å². The van der Waals surface area contributed by atoms with E-state index in [9.17, 15) is 5.11 Å². The Labute approximate surface area is 109 Å². The van der Waals surface area contributed by atoms with Crippen LogP contribution in [0.5, 0.6) is 5.75 Å². The molecule has 3 nitrogen and oxygen atoms in total. The van der Waals surface area contributed by atoms with E-state index in [1.165, 1.54) is 5.56 Å². The van der Waals surface area contributed by atoms with E-state index in [-0.39, 0.29) is 6.10 Å². The van der Waals surface area contributed by atoms with Crippen molar-refractivity contribution in [3.8, 4) is 5.75 Å². The van der Waals surface area contributed by atoms with Crippen LogP contribution in [0.25, 0.3) is 0 Å². The van der Waals surface area contributed by atoms with Gasteiger partial charge in [0.2, 0.25) is 0 Å². The summed E-state index contributed by atoms with van der Waals surface area (Å²) in [5.41, 5.74) is 1.32. The Bertz CT molecular complexity index is 363. The van der Waals surface area contributed by atoms with E-state index >= 15 is 0 Å². The summed E-state index contributed by atoms with van der Waals surface area (Å²) in [6, 6.07) is 8.74. The highest BCUT2D eigenvalue weighted by Crippen LogP contribution is 2.17. The number of likely N-dealkylation sites (tertiary alicyclic amines) is 1. The molecule has 0 spiro atoms. The van der Waals surface area contributed by atoms with Crippen molar-refractivity contribution in [3.05, 3.63) is 29.8 Å². The van der Waals surface area contributed by atoms with E-state index in [1.807, 2.05) is 12.1 Å². The van der Waals surface area contributed by atoms with E-state index in [0.717, 1.165) is 38.1 Å². The number of ether oxygens (including phenoxy) is 1. The maximum atomic E-state index is 9.70. The number of nitrogens with zero attached hydrogens (tertiary/aromatic N) is 1. The molecule has 3 heteroatoms. The van der Waals surface area contributed by atoms with E-state index in [1.54, 1.807) is 7.11 Å². The molecule has 0 amide bonds. The van der Waals surface area contributed by atoms with Crippen molar-refractivity contribution in [2.45, 2.75) is 38.3 Å². The summed E-state index contributed by atoms with van der Waals surface area (Å²) in [6.45, 7) is 4.16. The lowest BCUT2D eigenvalue weighted by atomic mass is 10.0. The van der Waals surface area contributed by atoms with Crippen molar-refractivity contribution in [2.75, 3.05) is 20.2 Å². The summed E-state index contributed by atoms with van der Waals surface area (Å²) in [5.74, 6) is 0.903. The predicted octanol–water partition coefficient (Wildman–Crippen LogP) is 2.08. The normalized spacial score (nSPS) is 22.7. The summed E-state index contributed by atoms with van der Waals surface area (Å²) >= 11 is 0. The van der Waals surface area contributed by atoms with Crippen LogP contribution in [0, 0.1) is 0 Å². The zero-order valence-electron chi connectivity index (χ0n) is 11.3. The molecule has 0 bridgehead atoms. The maximum Gasteiger partial charge on any atom is 0.118 e. The Morgan fingerprint density at radius 2 is 2.11 bits per heavy atom. The molecule has 2 rings (SSSR count). The SMILES string of the molecule is COc1ccc(C[C@@H](C)N2CCC[C@@H](O)C2)cc1. The third kappa shape index (κ3) is 3.47. The molecule has 2 atom stereocenters. The first-order valence-corrected chi connectivity index (χ1v) is 6.74. The molecule has 0 aliphatic carbocycles. The van der Waals surface area contributed by atoms with Crippen LogP contribution in [-0.2, 0) is 6.42 Å². The number of β-amino-alcohol motifs (C(OH)–C–C–N with tert-alkyl or cyclic N) is 1. The van der Waals surface area contributed by atoms with Crippen molar-refractivity contribution >= 4 is 0 Å². The van der Waals surface area contributed by atoms with Crippen LogP contribution in [0.1, 0.15) is 25.3 Å². The number of hydrogen-bond acceptors (Lipinski definition) is 3. The third-order valence-corrected chi connectivity index (χ3v) is 3.74. The fourth-order valence-corrected chi connectivity index (χ4v) is 2.62. The highest BCUT2D eigenvalue weighted by Gasteiger charge is 2.21. The molecule has 1 heterocycles. The highest BCUT2D eigenvalue weighted by atomic mass is 16.5. The van der Waals surface area contributed by atoms with Crippen LogP contribution in [-0.4, -0.2) is 42.4 Å². The minimum atomic E-state index is -0.142. The quantitative estimate of drug-likeness (QED) is 0.887. The van der Waals surface area contributed by atoms with Crippen LogP contribution >= 0.6 is 0 Å². The first-order valence-electron chi connectivity index (χ1n) is 6.74. The van der Waals surface area contributed by atoms with Gasteiger partial charge in [-0.05, 0) is 50.4 Å². The Hall–Kier alpha value is -1.06. The fraction of sp³-hybridized carbons (Fsp3) is 0.600. The Morgan fingerprint density at radius 3 is 2.72 bits per heavy atom. The van der Waals surface area contributed by atoms with E-state index < -0.39 is 0 Å². The maximum absolute atomic E-state index is 9.70. The minimum Gasteiger partial charge on any atom is -0.497 e. The van der Waals surface area contributed by atoms with Crippen molar-refractivity contribution < 1.29 is 9.84 Å². The highest BCUT2D eigenvalue weighted by molar-refractivity contribution is 5.27. The molecule has 0 unspecified atom stereocenters. The van der Waals surface area contributed by atoms with E-state index in [0.29, 0.717) is 6.04 Å². The van der Waals surface area contributed by atoms with Gasteiger partial charge in [0.15, 0.2) is 0 Å². The van der Waals surface area contributed by atoms with Gasteiger partial charge >= 0.3 is 0 Å². The number of methoxy groups -OCH3 is 1. The molecule has 0 aromatic heterocycles. The number of benzene rings is 1. The second-order valence-electron chi connectivity index (χ2n) is 5.19. The molecular formula is C15H23NO2. The number of piperidine rings is 1. The van der Waals surface area contributed by atoms with Gasteiger partial charge in [-0.15, -0.1) is 0 Å². The van der Waals surface area contributed by atoms with Crippen LogP contribution in [0.15, 0.2) is 24.3 Å². The van der Waals surface area contributed by atoms with Gasteiger partial charge in [-0.3, -0.25) is 4.90 Å². The fourth-order valence-electron chi connectivity index (χ4n) is 2.62. The number of hydrogen-bond donors (Lipinski definition) is 1. The van der Waals surface area contributed by atoms with Crippen LogP contribution in [0.2, 0.25) is 0 Å². The molecule has 0 saturated carbocycles. The number of rotatable bonds is 4. The summed E-state index contributed by atoms with van der Waals surface area (Å²) in [4.78, 5) is 2.39. The molecule has 1 N–H and O–H groups in total. The first-order chi connectivity index (χ1) is 8.69. The Balaban J connectivity index is 1.91. The van der Waals surface area contributed by atoms with E-state index in [4.69, 9.17) is 4.74 Å². The second-order valence-corrected chi connectivity index (χ2v) is 5.19. The molecule has 1 saturated heterocycles. The lowest BCUT2D eigenvalue weighted by Gasteiger charge is -2.35. The Morgan fingerprint density at radius 1 is 1.39 bits per heavy atom. The largest absolute Gasteiger partial charge is 0.497 e. The first kappa shape index (κ1) is 13.4. The van der Waals surface area contributed by atoms with Crippen LogP contribution < -0.4 is 4.74 Å². The summed E-state index contributed by atoms with van der Waals surface area (Å²) in [7, 11) is 1.69. The van der Waals surface area contributed by atoms with Gasteiger partial charge in [0.05, 0.1) is 13.2 Å². The van der Waals surface area contributed by atoms with Crippen LogP contribution in [0.3, 0.4) is 0 Å². The molecule has 0 radical (unpaired) electrons. The molecule has 1 aromatic rings. The zero-order chi connectivity index (χ0) is 13.0. The third-order valence-electron chi connectivity index (χ3n) is 3.74. The molecule has 1 aromatic carbocycles. The monoisotopic (exact) mass is 249 g/mol. The van der Waals surface area contributed by atoms with Gasteiger partial charge in [0.1, 0.15) is 5.75 Å². The van der Waals surface area contributed by atoms with Crippen molar-refractivity contribution in [3.63, 3.8) is 0 Å². The molecule has 1 aliphatic rings. The zero-order valence-corrected chi connectivity index (χ0v) is 11.3. The topological polar surface area (TPSA) is 32.7 Å². The molecule has 1 fully saturated rings. The average molecular weight is 249 g/mol. The molecule has 100 valence electrons. The lowest BCUT2D eigenvalue weighted by molar-refractivity contribution is 0.0507. The van der Waals surface area contributed by atoms with Gasteiger partial charge in [0, 0.05) is 12.6 Å². The predicted molar refractivity (Wildman–Crippen MR) is 73.0 cm³/mol. The van der Waals surface area contributed by atoms with Gasteiger partial charge in [-0.2, -0.15) is 0 Å². The second kappa shape index (κ2) is 6.21. The van der Waals surface area contributed by atoms with Gasteiger partial charge < -0.3 is 9.84 Å². The summed E-state index contributed by atoms with van der Waals surface area (Å²) in [5, 5.41) is 9.70. The lowest BCUT2D eigenvalue weighted by Crippen LogP contribution is -2.44. The number of aliphatic hydroxyl groups excluding tert-OH is 1. The standard InChI is InChI=1S/C15H23NO2/c1-12(16-9-3-4-14(17)11-16)10-13-5-7-15(18-2)8-6-13/h5-8,12,14,17H,3-4,9-11H2,1-2H3/t12-,14-/m1/s1. The summed E-state index contributed by atoms with van der Waals surface area (Å²) in [6.07, 6.45) is 2.94. The van der Waals surface area contributed by atoms with E-state index in [2.05, 4.69) is 24.0 Å². The van der Waals surface area contributed by atoms with Crippen LogP contribution in [0.4, 0.5) is 0 Å². The smallest absolute Gasteiger partial charge is 0.118 e. The minimum absolute atomic E-state index is 0.142. The van der Waals surface area contributed by atoms with Gasteiger partial charge in [-0.25, -0.2) is 0 Å². The summed E-state index contributed by atoms with van der Waals surface area (Å²) < 4.78 is 5.16. The average Bonchev–Trinajstić information content (AvgIpc) is 2.39. The Kier molecular flexibility index (Phi) is 4.61. The number of aliphatic hydroxyl groups is 1. The van der Waals surface area contributed by atoms with Gasteiger partial charge in [0.25, 0.3) is 0 Å². The van der Waals surface area contributed by atoms with Crippen molar-refractivity contribution in [1.82, 2.24) is 4.90 Å². The molecule has 18 heavy (non-hydrogen) atoms. The van der Waals surface area contributed by atoms with Crippen molar-refractivity contribution in [1.29, 1.82) is 0 Å². The molecular weight excluding hydrogens is 226 g/mol. The molecule has 1 aliphatic heterocycles. The van der Waals surface area contributed by atoms with Crippen molar-refractivity contribution in [2.24, 2.45) is 0 Å².